The first-order valence-corrected chi connectivity index (χ1v) is 5.97. The second kappa shape index (κ2) is 6.00. The lowest BCUT2D eigenvalue weighted by Gasteiger charge is -2.21. The molecule has 0 aliphatic carbocycles. The van der Waals surface area contributed by atoms with Crippen molar-refractivity contribution in [3.05, 3.63) is 31.9 Å². The molecule has 1 N–H and O–H groups in total. The van der Waals surface area contributed by atoms with Crippen molar-refractivity contribution in [1.82, 2.24) is 0 Å². The molecule has 0 saturated heterocycles. The van der Waals surface area contributed by atoms with Crippen molar-refractivity contribution in [3.63, 3.8) is 0 Å². The monoisotopic (exact) mass is 336 g/mol. The summed E-state index contributed by atoms with van der Waals surface area (Å²) >= 11 is 2.04. The minimum atomic E-state index is -0.391. The second-order valence-corrected chi connectivity index (χ2v) is 4.44. The molecule has 0 heterocycles. The van der Waals surface area contributed by atoms with Crippen molar-refractivity contribution in [1.29, 1.82) is 0 Å². The normalized spacial score (nSPS) is 10.2. The lowest BCUT2D eigenvalue weighted by Crippen LogP contribution is -2.26. The molecule has 0 fully saturated rings. The average Bonchev–Trinajstić information content (AvgIpc) is 2.26. The highest BCUT2D eigenvalue weighted by Crippen LogP contribution is 2.29. The molecule has 1 aromatic carbocycles. The van der Waals surface area contributed by atoms with Gasteiger partial charge in [-0.3, -0.25) is 10.1 Å². The molecule has 6 heteroatoms. The van der Waals surface area contributed by atoms with Crippen LogP contribution in [-0.2, 0) is 0 Å². The largest absolute Gasteiger partial charge is 0.395 e. The third-order valence-electron chi connectivity index (χ3n) is 2.23. The van der Waals surface area contributed by atoms with Gasteiger partial charge in [0.25, 0.3) is 5.69 Å². The predicted molar refractivity (Wildman–Crippen MR) is 70.8 cm³/mol. The zero-order valence-electron chi connectivity index (χ0n) is 8.89. The smallest absolute Gasteiger partial charge is 0.293 e. The Bertz CT molecular complexity index is 384. The highest BCUT2D eigenvalue weighted by molar-refractivity contribution is 14.1. The summed E-state index contributed by atoms with van der Waals surface area (Å²) in [6.07, 6.45) is 0. The number of anilines is 1. The number of nitro groups is 1. The number of aliphatic hydroxyl groups is 1. The Labute approximate surface area is 107 Å². The van der Waals surface area contributed by atoms with Crippen molar-refractivity contribution in [3.8, 4) is 0 Å². The van der Waals surface area contributed by atoms with E-state index in [0.29, 0.717) is 18.8 Å². The van der Waals surface area contributed by atoms with E-state index in [2.05, 4.69) is 0 Å². The molecule has 16 heavy (non-hydrogen) atoms. The lowest BCUT2D eigenvalue weighted by molar-refractivity contribution is -0.384. The summed E-state index contributed by atoms with van der Waals surface area (Å²) in [5.74, 6) is 0. The van der Waals surface area contributed by atoms with E-state index in [1.165, 1.54) is 6.07 Å². The fourth-order valence-corrected chi connectivity index (χ4v) is 1.95. The predicted octanol–water partition coefficient (Wildman–Crippen LogP) is 2.02. The molecule has 1 rings (SSSR count). The lowest BCUT2D eigenvalue weighted by atomic mass is 10.2. The molecule has 0 atom stereocenters. The Morgan fingerprint density at radius 2 is 2.25 bits per heavy atom. The van der Waals surface area contributed by atoms with Crippen LogP contribution in [0.2, 0.25) is 0 Å². The minimum Gasteiger partial charge on any atom is -0.395 e. The Hall–Kier alpha value is -0.890. The van der Waals surface area contributed by atoms with Gasteiger partial charge in [0.2, 0.25) is 0 Å². The molecule has 1 aromatic rings. The molecule has 0 bridgehead atoms. The van der Waals surface area contributed by atoms with Crippen LogP contribution in [-0.4, -0.2) is 29.7 Å². The van der Waals surface area contributed by atoms with Crippen LogP contribution >= 0.6 is 22.6 Å². The van der Waals surface area contributed by atoms with Crippen molar-refractivity contribution in [2.75, 3.05) is 24.6 Å². The molecule has 0 aliphatic rings. The van der Waals surface area contributed by atoms with Crippen LogP contribution in [0.4, 0.5) is 11.4 Å². The Kier molecular flexibility index (Phi) is 4.94. The van der Waals surface area contributed by atoms with Gasteiger partial charge in [0.05, 0.1) is 11.5 Å². The van der Waals surface area contributed by atoms with Gasteiger partial charge in [-0.2, -0.15) is 0 Å². The SMILES string of the molecule is CCN(CCO)c1ccc(I)cc1[N+](=O)[O-]. The standard InChI is InChI=1S/C10H13IN2O3/c1-2-12(5-6-14)9-4-3-8(11)7-10(9)13(15)16/h3-4,7,14H,2,5-6H2,1H3. The van der Waals surface area contributed by atoms with E-state index in [4.69, 9.17) is 5.11 Å². The molecule has 5 nitrogen and oxygen atoms in total. The minimum absolute atomic E-state index is 0.0169. The molecule has 0 aromatic heterocycles. The maximum atomic E-state index is 10.9. The zero-order valence-corrected chi connectivity index (χ0v) is 11.0. The van der Waals surface area contributed by atoms with Crippen LogP contribution in [0.15, 0.2) is 18.2 Å². The molecule has 0 radical (unpaired) electrons. The summed E-state index contributed by atoms with van der Waals surface area (Å²) < 4.78 is 0.827. The number of hydrogen-bond donors (Lipinski definition) is 1. The van der Waals surface area contributed by atoms with Gasteiger partial charge in [-0.05, 0) is 41.6 Å². The maximum absolute atomic E-state index is 10.9. The Balaban J connectivity index is 3.14. The van der Waals surface area contributed by atoms with Crippen LogP contribution in [0, 0.1) is 13.7 Å². The Morgan fingerprint density at radius 1 is 1.56 bits per heavy atom. The van der Waals surface area contributed by atoms with Crippen LogP contribution in [0.1, 0.15) is 6.92 Å². The van der Waals surface area contributed by atoms with E-state index < -0.39 is 4.92 Å². The van der Waals surface area contributed by atoms with E-state index in [-0.39, 0.29) is 12.3 Å². The van der Waals surface area contributed by atoms with Crippen LogP contribution < -0.4 is 4.90 Å². The molecule has 0 saturated carbocycles. The van der Waals surface area contributed by atoms with E-state index >= 15 is 0 Å². The molecular formula is C10H13IN2O3. The first kappa shape index (κ1) is 13.2. The molecular weight excluding hydrogens is 323 g/mol. The quantitative estimate of drug-likeness (QED) is 0.508. The van der Waals surface area contributed by atoms with E-state index in [1.807, 2.05) is 35.6 Å². The molecule has 88 valence electrons. The summed E-state index contributed by atoms with van der Waals surface area (Å²) in [6, 6.07) is 5.08. The van der Waals surface area contributed by atoms with Crippen molar-refractivity contribution in [2.45, 2.75) is 6.92 Å². The summed E-state index contributed by atoms with van der Waals surface area (Å²) in [4.78, 5) is 12.3. The summed E-state index contributed by atoms with van der Waals surface area (Å²) in [5.41, 5.74) is 0.643. The van der Waals surface area contributed by atoms with Crippen molar-refractivity contribution >= 4 is 34.0 Å². The van der Waals surface area contributed by atoms with Crippen LogP contribution in [0.3, 0.4) is 0 Å². The fourth-order valence-electron chi connectivity index (χ4n) is 1.48. The highest BCUT2D eigenvalue weighted by Gasteiger charge is 2.18. The highest BCUT2D eigenvalue weighted by atomic mass is 127. The third kappa shape index (κ3) is 3.05. The number of likely N-dealkylation sites (N-methyl/N-ethyl adjacent to an activating group) is 1. The van der Waals surface area contributed by atoms with Crippen LogP contribution in [0.5, 0.6) is 0 Å². The number of halogens is 1. The fraction of sp³-hybridized carbons (Fsp3) is 0.400. The van der Waals surface area contributed by atoms with Gasteiger partial charge < -0.3 is 10.0 Å². The van der Waals surface area contributed by atoms with E-state index in [1.54, 1.807) is 11.0 Å². The summed E-state index contributed by atoms with van der Waals surface area (Å²) in [7, 11) is 0. The third-order valence-corrected chi connectivity index (χ3v) is 2.90. The van der Waals surface area contributed by atoms with Gasteiger partial charge in [-0.1, -0.05) is 0 Å². The van der Waals surface area contributed by atoms with Crippen molar-refractivity contribution in [2.24, 2.45) is 0 Å². The molecule has 0 amide bonds. The molecule has 0 spiro atoms. The van der Waals surface area contributed by atoms with Crippen molar-refractivity contribution < 1.29 is 10.0 Å². The number of nitrogens with zero attached hydrogens (tertiary/aromatic N) is 2. The van der Waals surface area contributed by atoms with Gasteiger partial charge in [0, 0.05) is 22.7 Å². The number of rotatable bonds is 5. The molecule has 0 unspecified atom stereocenters. The Morgan fingerprint density at radius 3 is 2.75 bits per heavy atom. The number of hydrogen-bond acceptors (Lipinski definition) is 4. The number of aliphatic hydroxyl groups excluding tert-OH is 1. The number of benzene rings is 1. The molecule has 0 aliphatic heterocycles. The van der Waals surface area contributed by atoms with E-state index in [0.717, 1.165) is 3.57 Å². The van der Waals surface area contributed by atoms with Gasteiger partial charge in [-0.25, -0.2) is 0 Å². The first-order valence-electron chi connectivity index (χ1n) is 4.90. The summed E-state index contributed by atoms with van der Waals surface area (Å²) in [5, 5.41) is 19.8. The second-order valence-electron chi connectivity index (χ2n) is 3.19. The van der Waals surface area contributed by atoms with Gasteiger partial charge in [0.1, 0.15) is 5.69 Å². The first-order chi connectivity index (χ1) is 7.60. The topological polar surface area (TPSA) is 66.6 Å². The van der Waals surface area contributed by atoms with Gasteiger partial charge >= 0.3 is 0 Å². The zero-order chi connectivity index (χ0) is 12.1. The summed E-state index contributed by atoms with van der Waals surface area (Å²) in [6.45, 7) is 2.91. The van der Waals surface area contributed by atoms with E-state index in [9.17, 15) is 10.1 Å². The van der Waals surface area contributed by atoms with Crippen LogP contribution in [0.25, 0.3) is 0 Å². The van der Waals surface area contributed by atoms with Gasteiger partial charge in [0.15, 0.2) is 0 Å². The average molecular weight is 336 g/mol. The maximum Gasteiger partial charge on any atom is 0.293 e. The van der Waals surface area contributed by atoms with Gasteiger partial charge in [-0.15, -0.1) is 0 Å². The number of nitro benzene ring substituents is 1.